The molecule has 7 heteroatoms. The van der Waals surface area contributed by atoms with Gasteiger partial charge >= 0.3 is 12.1 Å². The molecule has 1 aliphatic rings. The van der Waals surface area contributed by atoms with Crippen LogP contribution in [-0.2, 0) is 4.79 Å². The third-order valence-corrected chi connectivity index (χ3v) is 2.95. The minimum atomic E-state index is -4.72. The fourth-order valence-corrected chi connectivity index (χ4v) is 1.95. The molecule has 0 aromatic heterocycles. The Kier molecular flexibility index (Phi) is 6.85. The number of alkyl halides is 3. The van der Waals surface area contributed by atoms with Gasteiger partial charge in [-0.1, -0.05) is 0 Å². The smallest absolute Gasteiger partial charge is 0.335 e. The molecule has 1 saturated heterocycles. The van der Waals surface area contributed by atoms with Crippen molar-refractivity contribution in [3.8, 4) is 0 Å². The third-order valence-electron chi connectivity index (χ3n) is 2.95. The summed E-state index contributed by atoms with van der Waals surface area (Å²) in [6.07, 6.45) is -2.42. The Morgan fingerprint density at radius 3 is 2.29 bits per heavy atom. The molecular formula is C10H18ClF3N2O. The van der Waals surface area contributed by atoms with Crippen LogP contribution in [0.2, 0.25) is 0 Å². The fraction of sp³-hybridized carbons (Fsp3) is 0.900. The molecule has 0 saturated carbocycles. The molecule has 1 amide bonds. The van der Waals surface area contributed by atoms with Gasteiger partial charge in [0, 0.05) is 13.1 Å². The van der Waals surface area contributed by atoms with Crippen LogP contribution in [0.3, 0.4) is 0 Å². The van der Waals surface area contributed by atoms with E-state index in [-0.39, 0.29) is 25.5 Å². The summed E-state index contributed by atoms with van der Waals surface area (Å²) in [5.74, 6) is -1.26. The first-order valence-electron chi connectivity index (χ1n) is 5.46. The summed E-state index contributed by atoms with van der Waals surface area (Å²) in [5, 5.41) is 3.01. The van der Waals surface area contributed by atoms with Crippen LogP contribution < -0.4 is 5.32 Å². The van der Waals surface area contributed by atoms with Gasteiger partial charge in [-0.25, -0.2) is 0 Å². The first-order valence-corrected chi connectivity index (χ1v) is 5.46. The van der Waals surface area contributed by atoms with Gasteiger partial charge in [-0.2, -0.15) is 13.2 Å². The van der Waals surface area contributed by atoms with Crippen molar-refractivity contribution in [2.45, 2.75) is 25.4 Å². The monoisotopic (exact) mass is 274 g/mol. The summed E-state index contributed by atoms with van der Waals surface area (Å²) >= 11 is 0. The number of hydrogen-bond acceptors (Lipinski definition) is 2. The molecule has 0 aliphatic carbocycles. The second kappa shape index (κ2) is 7.06. The Bertz CT molecular complexity index is 240. The molecule has 1 rings (SSSR count). The number of halogens is 4. The fourth-order valence-electron chi connectivity index (χ4n) is 1.95. The summed E-state index contributed by atoms with van der Waals surface area (Å²) in [7, 11) is 1.85. The van der Waals surface area contributed by atoms with Gasteiger partial charge in [0.2, 0.25) is 0 Å². The molecular weight excluding hydrogens is 257 g/mol. The minimum absolute atomic E-state index is 0. The molecule has 0 radical (unpaired) electrons. The lowest BCUT2D eigenvalue weighted by Crippen LogP contribution is -2.45. The van der Waals surface area contributed by atoms with Crippen molar-refractivity contribution in [3.63, 3.8) is 0 Å². The van der Waals surface area contributed by atoms with Gasteiger partial charge in [0.05, 0.1) is 0 Å². The SMILES string of the molecule is CNCCC1CCN(C(=O)C(F)(F)F)CC1.Cl. The number of rotatable bonds is 3. The van der Waals surface area contributed by atoms with Gasteiger partial charge in [0.15, 0.2) is 0 Å². The minimum Gasteiger partial charge on any atom is -0.335 e. The van der Waals surface area contributed by atoms with Crippen molar-refractivity contribution in [1.29, 1.82) is 0 Å². The lowest BCUT2D eigenvalue weighted by Gasteiger charge is -2.32. The molecule has 1 N–H and O–H groups in total. The van der Waals surface area contributed by atoms with Gasteiger partial charge in [0.25, 0.3) is 0 Å². The number of carbonyl (C=O) groups excluding carboxylic acids is 1. The first kappa shape index (κ1) is 16.5. The van der Waals surface area contributed by atoms with E-state index in [1.165, 1.54) is 0 Å². The van der Waals surface area contributed by atoms with E-state index in [1.54, 1.807) is 0 Å². The molecule has 0 bridgehead atoms. The van der Waals surface area contributed by atoms with E-state index < -0.39 is 12.1 Å². The highest BCUT2D eigenvalue weighted by atomic mass is 35.5. The van der Waals surface area contributed by atoms with Crippen LogP contribution in [0.15, 0.2) is 0 Å². The molecule has 1 heterocycles. The molecule has 102 valence electrons. The summed E-state index contributed by atoms with van der Waals surface area (Å²) in [6.45, 7) is 1.33. The number of nitrogens with zero attached hydrogens (tertiary/aromatic N) is 1. The average molecular weight is 275 g/mol. The van der Waals surface area contributed by atoms with Crippen LogP contribution >= 0.6 is 12.4 Å². The third kappa shape index (κ3) is 5.12. The average Bonchev–Trinajstić information content (AvgIpc) is 2.25. The zero-order valence-electron chi connectivity index (χ0n) is 9.72. The highest BCUT2D eigenvalue weighted by Gasteiger charge is 2.43. The number of hydrogen-bond donors (Lipinski definition) is 1. The summed E-state index contributed by atoms with van der Waals surface area (Å²) < 4.78 is 36.4. The summed E-state index contributed by atoms with van der Waals surface area (Å²) in [6, 6.07) is 0. The van der Waals surface area contributed by atoms with Crippen LogP contribution in [0.5, 0.6) is 0 Å². The molecule has 1 fully saturated rings. The topological polar surface area (TPSA) is 32.3 Å². The maximum Gasteiger partial charge on any atom is 0.471 e. The number of piperidine rings is 1. The van der Waals surface area contributed by atoms with E-state index in [1.807, 2.05) is 7.05 Å². The van der Waals surface area contributed by atoms with Gasteiger partial charge in [0.1, 0.15) is 0 Å². The van der Waals surface area contributed by atoms with E-state index in [2.05, 4.69) is 5.32 Å². The molecule has 0 spiro atoms. The molecule has 0 unspecified atom stereocenters. The normalized spacial score (nSPS) is 17.8. The second-order valence-electron chi connectivity index (χ2n) is 4.13. The Labute approximate surface area is 105 Å². The summed E-state index contributed by atoms with van der Waals surface area (Å²) in [5.41, 5.74) is 0. The van der Waals surface area contributed by atoms with Crippen LogP contribution in [0.25, 0.3) is 0 Å². The van der Waals surface area contributed by atoms with E-state index in [0.717, 1.165) is 17.9 Å². The maximum atomic E-state index is 12.1. The lowest BCUT2D eigenvalue weighted by atomic mass is 9.93. The molecule has 0 aromatic rings. The highest BCUT2D eigenvalue weighted by Crippen LogP contribution is 2.24. The zero-order chi connectivity index (χ0) is 12.2. The van der Waals surface area contributed by atoms with Crippen molar-refractivity contribution in [3.05, 3.63) is 0 Å². The van der Waals surface area contributed by atoms with Crippen LogP contribution in [0, 0.1) is 5.92 Å². The maximum absolute atomic E-state index is 12.1. The van der Waals surface area contributed by atoms with Crippen LogP contribution in [0.1, 0.15) is 19.3 Å². The van der Waals surface area contributed by atoms with Gasteiger partial charge in [-0.3, -0.25) is 4.79 Å². The zero-order valence-corrected chi connectivity index (χ0v) is 10.5. The van der Waals surface area contributed by atoms with E-state index in [0.29, 0.717) is 18.8 Å². The number of carbonyl (C=O) groups is 1. The van der Waals surface area contributed by atoms with Gasteiger partial charge in [-0.15, -0.1) is 12.4 Å². The lowest BCUT2D eigenvalue weighted by molar-refractivity contribution is -0.186. The van der Waals surface area contributed by atoms with E-state index >= 15 is 0 Å². The van der Waals surface area contributed by atoms with Crippen molar-refractivity contribution in [1.82, 2.24) is 10.2 Å². The Morgan fingerprint density at radius 2 is 1.88 bits per heavy atom. The van der Waals surface area contributed by atoms with E-state index in [9.17, 15) is 18.0 Å². The van der Waals surface area contributed by atoms with Crippen LogP contribution in [-0.4, -0.2) is 43.7 Å². The Morgan fingerprint density at radius 1 is 1.35 bits per heavy atom. The standard InChI is InChI=1S/C10H17F3N2O.ClH/c1-14-5-2-8-3-6-15(7-4-8)9(16)10(11,12)13;/h8,14H,2-7H2,1H3;1H. The van der Waals surface area contributed by atoms with Crippen molar-refractivity contribution >= 4 is 18.3 Å². The quantitative estimate of drug-likeness (QED) is 0.851. The molecule has 17 heavy (non-hydrogen) atoms. The van der Waals surface area contributed by atoms with Crippen LogP contribution in [0.4, 0.5) is 13.2 Å². The molecule has 0 aromatic carbocycles. The Balaban J connectivity index is 0.00000256. The van der Waals surface area contributed by atoms with Crippen molar-refractivity contribution < 1.29 is 18.0 Å². The highest BCUT2D eigenvalue weighted by molar-refractivity contribution is 5.85. The Hall–Kier alpha value is -0.490. The number of likely N-dealkylation sites (tertiary alicyclic amines) is 1. The number of amides is 1. The summed E-state index contributed by atoms with van der Waals surface area (Å²) in [4.78, 5) is 11.8. The molecule has 1 aliphatic heterocycles. The van der Waals surface area contributed by atoms with Crippen molar-refractivity contribution in [2.24, 2.45) is 5.92 Å². The molecule has 0 atom stereocenters. The first-order chi connectivity index (χ1) is 7.45. The predicted molar refractivity (Wildman–Crippen MR) is 61.2 cm³/mol. The largest absolute Gasteiger partial charge is 0.471 e. The van der Waals surface area contributed by atoms with E-state index in [4.69, 9.17) is 0 Å². The second-order valence-corrected chi connectivity index (χ2v) is 4.13. The van der Waals surface area contributed by atoms with Gasteiger partial charge < -0.3 is 10.2 Å². The molecule has 3 nitrogen and oxygen atoms in total. The van der Waals surface area contributed by atoms with Gasteiger partial charge in [-0.05, 0) is 38.8 Å². The van der Waals surface area contributed by atoms with Crippen molar-refractivity contribution in [2.75, 3.05) is 26.7 Å². The predicted octanol–water partition coefficient (Wildman–Crippen LogP) is 1.82. The number of nitrogens with one attached hydrogen (secondary N) is 1.